The molecule has 0 aromatic rings. The van der Waals surface area contributed by atoms with Crippen molar-refractivity contribution in [3.63, 3.8) is 0 Å². The van der Waals surface area contributed by atoms with E-state index in [1.54, 1.807) is 13.8 Å². The highest BCUT2D eigenvalue weighted by atomic mass is 28.3. The van der Waals surface area contributed by atoms with Gasteiger partial charge in [0.15, 0.2) is 5.79 Å². The smallest absolute Gasteiger partial charge is 0.308 e. The molecule has 0 saturated carbocycles. The fraction of sp³-hybridized carbons (Fsp3) is 0.778. The number of rotatable bonds is 8. The quantitative estimate of drug-likeness (QED) is 0.265. The fourth-order valence-corrected chi connectivity index (χ4v) is 4.33. The van der Waals surface area contributed by atoms with E-state index in [4.69, 9.17) is 18.9 Å². The monoisotopic (exact) mass is 556 g/mol. The second-order valence-corrected chi connectivity index (χ2v) is 20.9. The molecular formula is C27H48O8Si2. The fourth-order valence-electron chi connectivity index (χ4n) is 3.14. The van der Waals surface area contributed by atoms with Gasteiger partial charge in [-0.05, 0) is 27.7 Å². The van der Waals surface area contributed by atoms with Crippen LogP contribution in [0.25, 0.3) is 0 Å². The van der Waals surface area contributed by atoms with E-state index in [-0.39, 0.29) is 37.4 Å². The van der Waals surface area contributed by atoms with Crippen molar-refractivity contribution in [3.8, 4) is 22.9 Å². The molecule has 1 saturated heterocycles. The molecule has 0 aromatic heterocycles. The van der Waals surface area contributed by atoms with Crippen LogP contribution in [0.2, 0.25) is 39.3 Å². The molecule has 0 unspecified atom stereocenters. The molecular weight excluding hydrogens is 508 g/mol. The number of hydrogen-bond acceptors (Lipinski definition) is 8. The maximum absolute atomic E-state index is 11.6. The molecule has 4 atom stereocenters. The summed E-state index contributed by atoms with van der Waals surface area (Å²) >= 11 is 0. The van der Waals surface area contributed by atoms with Gasteiger partial charge in [-0.15, -0.1) is 11.1 Å². The van der Waals surface area contributed by atoms with Crippen LogP contribution in [0.15, 0.2) is 0 Å². The maximum atomic E-state index is 11.6. The van der Waals surface area contributed by atoms with Gasteiger partial charge in [0.25, 0.3) is 0 Å². The van der Waals surface area contributed by atoms with Crippen LogP contribution >= 0.6 is 0 Å². The molecule has 10 heteroatoms. The van der Waals surface area contributed by atoms with E-state index >= 15 is 0 Å². The van der Waals surface area contributed by atoms with Crippen LogP contribution < -0.4 is 0 Å². The first kappa shape index (κ1) is 35.3. The van der Waals surface area contributed by atoms with Crippen molar-refractivity contribution in [2.24, 2.45) is 0 Å². The zero-order chi connectivity index (χ0) is 28.9. The van der Waals surface area contributed by atoms with Gasteiger partial charge in [-0.25, -0.2) is 0 Å². The summed E-state index contributed by atoms with van der Waals surface area (Å²) in [6.07, 6.45) is -1.31. The number of esters is 2. The second-order valence-electron chi connectivity index (χ2n) is 11.4. The standard InChI is InChI=1S/C15H26O4Si.C12H22O4Si/c1-7-17-14(16)11-13-10-12(8-9-20(4,5)6)18-15(2,3)19-13;1-5-16-12(15)9-11(14)8-10(13)6-7-17(2,3)4/h12-13H,7,10-11H2,1-6H3;10-11,13-14H,5,8-9H2,1-4H3/t12-,13-;10-,11-/m11/s1. The first-order valence-corrected chi connectivity index (χ1v) is 19.9. The minimum atomic E-state index is -1.51. The van der Waals surface area contributed by atoms with Crippen LogP contribution in [-0.2, 0) is 28.5 Å². The molecule has 2 N–H and O–H groups in total. The number of ether oxygens (including phenoxy) is 4. The Labute approximate surface area is 225 Å². The molecule has 1 aliphatic heterocycles. The lowest BCUT2D eigenvalue weighted by molar-refractivity contribution is -0.288. The third-order valence-corrected chi connectivity index (χ3v) is 6.27. The molecule has 0 aliphatic carbocycles. The molecule has 1 fully saturated rings. The molecule has 8 nitrogen and oxygen atoms in total. The van der Waals surface area contributed by atoms with Crippen molar-refractivity contribution in [1.82, 2.24) is 0 Å². The summed E-state index contributed by atoms with van der Waals surface area (Å²) in [5, 5.41) is 19.1. The van der Waals surface area contributed by atoms with E-state index in [1.807, 2.05) is 13.8 Å². The van der Waals surface area contributed by atoms with E-state index in [1.165, 1.54) is 0 Å². The number of carbonyl (C=O) groups excluding carboxylic acids is 2. The van der Waals surface area contributed by atoms with E-state index in [0.29, 0.717) is 19.6 Å². The molecule has 212 valence electrons. The molecule has 0 aromatic carbocycles. The van der Waals surface area contributed by atoms with Gasteiger partial charge in [-0.3, -0.25) is 9.59 Å². The van der Waals surface area contributed by atoms with Crippen molar-refractivity contribution in [2.75, 3.05) is 13.2 Å². The Hall–Kier alpha value is -1.67. The molecule has 1 heterocycles. The molecule has 37 heavy (non-hydrogen) atoms. The van der Waals surface area contributed by atoms with E-state index in [9.17, 15) is 19.8 Å². The lowest BCUT2D eigenvalue weighted by Crippen LogP contribution is -2.45. The molecule has 0 radical (unpaired) electrons. The lowest BCUT2D eigenvalue weighted by Gasteiger charge is -2.38. The Kier molecular flexibility index (Phi) is 15.6. The third kappa shape index (κ3) is 20.0. The third-order valence-electron chi connectivity index (χ3n) is 4.48. The van der Waals surface area contributed by atoms with Crippen molar-refractivity contribution < 1.29 is 38.7 Å². The Bertz CT molecular complexity index is 837. The number of hydrogen-bond donors (Lipinski definition) is 2. The van der Waals surface area contributed by atoms with Crippen LogP contribution in [0.4, 0.5) is 0 Å². The van der Waals surface area contributed by atoms with Crippen LogP contribution in [0, 0.1) is 22.9 Å². The van der Waals surface area contributed by atoms with Gasteiger partial charge < -0.3 is 29.2 Å². The van der Waals surface area contributed by atoms with Gasteiger partial charge in [-0.1, -0.05) is 51.1 Å². The predicted molar refractivity (Wildman–Crippen MR) is 150 cm³/mol. The van der Waals surface area contributed by atoms with E-state index < -0.39 is 40.1 Å². The first-order valence-electron chi connectivity index (χ1n) is 12.9. The van der Waals surface area contributed by atoms with Gasteiger partial charge >= 0.3 is 11.9 Å². The van der Waals surface area contributed by atoms with Crippen molar-refractivity contribution >= 4 is 28.1 Å². The number of aliphatic hydroxyl groups is 2. The summed E-state index contributed by atoms with van der Waals surface area (Å²) in [7, 11) is -2.94. The summed E-state index contributed by atoms with van der Waals surface area (Å²) in [4.78, 5) is 22.6. The molecule has 0 spiro atoms. The Morgan fingerprint density at radius 2 is 1.49 bits per heavy atom. The zero-order valence-electron chi connectivity index (χ0n) is 24.4. The highest BCUT2D eigenvalue weighted by Gasteiger charge is 2.36. The van der Waals surface area contributed by atoms with Crippen molar-refractivity contribution in [2.45, 2.75) is 123 Å². The maximum Gasteiger partial charge on any atom is 0.308 e. The molecule has 0 amide bonds. The average Bonchev–Trinajstić information content (AvgIpc) is 2.69. The predicted octanol–water partition coefficient (Wildman–Crippen LogP) is 3.66. The van der Waals surface area contributed by atoms with E-state index in [2.05, 4.69) is 62.2 Å². The largest absolute Gasteiger partial charge is 0.466 e. The molecule has 1 aliphatic rings. The summed E-state index contributed by atoms with van der Waals surface area (Å²) in [6.45, 7) is 20.7. The summed E-state index contributed by atoms with van der Waals surface area (Å²) < 4.78 is 21.3. The molecule has 0 bridgehead atoms. The minimum Gasteiger partial charge on any atom is -0.466 e. The van der Waals surface area contributed by atoms with Crippen LogP contribution in [0.3, 0.4) is 0 Å². The summed E-state index contributed by atoms with van der Waals surface area (Å²) in [5.74, 6) is 4.53. The van der Waals surface area contributed by atoms with E-state index in [0.717, 1.165) is 0 Å². The van der Waals surface area contributed by atoms with Gasteiger partial charge in [0, 0.05) is 12.8 Å². The van der Waals surface area contributed by atoms with Gasteiger partial charge in [0.05, 0.1) is 38.3 Å². The second kappa shape index (κ2) is 16.3. The number of carbonyl (C=O) groups is 2. The Balaban J connectivity index is 0.000000712. The minimum absolute atomic E-state index is 0.0797. The van der Waals surface area contributed by atoms with Crippen molar-refractivity contribution in [3.05, 3.63) is 0 Å². The Morgan fingerprint density at radius 1 is 0.946 bits per heavy atom. The van der Waals surface area contributed by atoms with Gasteiger partial charge in [-0.2, -0.15) is 0 Å². The highest BCUT2D eigenvalue weighted by Crippen LogP contribution is 2.28. The first-order chi connectivity index (χ1) is 16.9. The Morgan fingerprint density at radius 3 is 2.00 bits per heavy atom. The van der Waals surface area contributed by atoms with Crippen LogP contribution in [0.5, 0.6) is 0 Å². The van der Waals surface area contributed by atoms with Gasteiger partial charge in [0.1, 0.15) is 28.4 Å². The highest BCUT2D eigenvalue weighted by molar-refractivity contribution is 6.84. The lowest BCUT2D eigenvalue weighted by atomic mass is 10.1. The number of aliphatic hydroxyl groups excluding tert-OH is 2. The summed E-state index contributed by atoms with van der Waals surface area (Å²) in [6, 6.07) is 0. The average molecular weight is 557 g/mol. The topological polar surface area (TPSA) is 112 Å². The van der Waals surface area contributed by atoms with Crippen LogP contribution in [-0.4, -0.2) is 81.7 Å². The zero-order valence-corrected chi connectivity index (χ0v) is 26.4. The normalized spacial score (nSPS) is 20.4. The van der Waals surface area contributed by atoms with Crippen LogP contribution in [0.1, 0.15) is 53.4 Å². The SMILES string of the molecule is CCOC(=O)C[C@H](O)C[C@H](O)C#C[Si](C)(C)C.CCOC(=O)C[C@H]1C[C@@H](C#C[Si](C)(C)C)OC(C)(C)O1. The van der Waals surface area contributed by atoms with Crippen molar-refractivity contribution in [1.29, 1.82) is 0 Å². The van der Waals surface area contributed by atoms with Gasteiger partial charge in [0.2, 0.25) is 0 Å². The summed E-state index contributed by atoms with van der Waals surface area (Å²) in [5.41, 5.74) is 6.34. The molecule has 1 rings (SSSR count).